The normalized spacial score (nSPS) is 25.7. The Labute approximate surface area is 139 Å². The van der Waals surface area contributed by atoms with E-state index in [4.69, 9.17) is 5.73 Å². The molecule has 2 aliphatic rings. The number of rotatable bonds is 3. The van der Waals surface area contributed by atoms with Crippen molar-refractivity contribution in [2.24, 2.45) is 11.7 Å². The van der Waals surface area contributed by atoms with Crippen molar-refractivity contribution in [3.8, 4) is 0 Å². The number of benzene rings is 1. The number of para-hydroxylation sites is 1. The first-order valence-corrected chi connectivity index (χ1v) is 7.94. The number of nitrogens with zero attached hydrogens (tertiary/aromatic N) is 2. The maximum absolute atomic E-state index is 12.7. The van der Waals surface area contributed by atoms with Gasteiger partial charge in [-0.25, -0.2) is 0 Å². The molecule has 22 heavy (non-hydrogen) atoms. The van der Waals surface area contributed by atoms with Gasteiger partial charge in [0.05, 0.1) is 6.54 Å². The smallest absolute Gasteiger partial charge is 0.241 e. The third-order valence-electron chi connectivity index (χ3n) is 4.89. The summed E-state index contributed by atoms with van der Waals surface area (Å²) in [6, 6.07) is 8.73. The monoisotopic (exact) mass is 323 g/mol. The SMILES string of the molecule is CC(N)C1CCN(CC(=O)N2c3ccccc3CC2C)C1.Cl. The molecule has 0 aliphatic carbocycles. The molecule has 0 saturated carbocycles. The molecule has 4 nitrogen and oxygen atoms in total. The molecule has 3 atom stereocenters. The number of hydrogen-bond donors (Lipinski definition) is 1. The lowest BCUT2D eigenvalue weighted by atomic mass is 10.0. The number of amides is 1. The Kier molecular flexibility index (Phi) is 5.48. The van der Waals surface area contributed by atoms with Gasteiger partial charge in [-0.3, -0.25) is 9.69 Å². The highest BCUT2D eigenvalue weighted by Gasteiger charge is 2.33. The fourth-order valence-electron chi connectivity index (χ4n) is 3.65. The molecule has 0 spiro atoms. The molecule has 2 heterocycles. The topological polar surface area (TPSA) is 49.6 Å². The van der Waals surface area contributed by atoms with E-state index in [2.05, 4.69) is 30.9 Å². The molecule has 2 N–H and O–H groups in total. The number of nitrogens with two attached hydrogens (primary N) is 1. The lowest BCUT2D eigenvalue weighted by Crippen LogP contribution is -2.43. The number of carbonyl (C=O) groups excluding carboxylic acids is 1. The van der Waals surface area contributed by atoms with Gasteiger partial charge < -0.3 is 10.6 Å². The van der Waals surface area contributed by atoms with E-state index in [0.29, 0.717) is 12.5 Å². The largest absolute Gasteiger partial charge is 0.328 e. The highest BCUT2D eigenvalue weighted by molar-refractivity contribution is 5.97. The van der Waals surface area contributed by atoms with E-state index in [0.717, 1.165) is 31.6 Å². The summed E-state index contributed by atoms with van der Waals surface area (Å²) < 4.78 is 0. The predicted molar refractivity (Wildman–Crippen MR) is 92.5 cm³/mol. The number of anilines is 1. The Morgan fingerprint density at radius 3 is 2.82 bits per heavy atom. The van der Waals surface area contributed by atoms with E-state index in [1.54, 1.807) is 0 Å². The number of halogens is 1. The van der Waals surface area contributed by atoms with Gasteiger partial charge in [-0.05, 0) is 50.8 Å². The molecule has 0 aromatic heterocycles. The Hall–Kier alpha value is -1.10. The summed E-state index contributed by atoms with van der Waals surface area (Å²) >= 11 is 0. The molecular formula is C17H26ClN3O. The molecule has 0 radical (unpaired) electrons. The van der Waals surface area contributed by atoms with Crippen LogP contribution >= 0.6 is 12.4 Å². The van der Waals surface area contributed by atoms with Gasteiger partial charge in [-0.15, -0.1) is 12.4 Å². The standard InChI is InChI=1S/C17H25N3O.ClH/c1-12-9-14-5-3-4-6-16(14)20(12)17(21)11-19-8-7-15(10-19)13(2)18;/h3-6,12-13,15H,7-11,18H2,1-2H3;1H. The molecule has 1 fully saturated rings. The molecule has 1 saturated heterocycles. The summed E-state index contributed by atoms with van der Waals surface area (Å²) in [6.45, 7) is 6.65. The highest BCUT2D eigenvalue weighted by Crippen LogP contribution is 2.32. The van der Waals surface area contributed by atoms with Crippen molar-refractivity contribution in [2.45, 2.75) is 38.8 Å². The highest BCUT2D eigenvalue weighted by atomic mass is 35.5. The Morgan fingerprint density at radius 2 is 2.14 bits per heavy atom. The number of likely N-dealkylation sites (tertiary alicyclic amines) is 1. The molecule has 3 rings (SSSR count). The quantitative estimate of drug-likeness (QED) is 0.926. The predicted octanol–water partition coefficient (Wildman–Crippen LogP) is 2.06. The molecule has 3 unspecified atom stereocenters. The Balaban J connectivity index is 0.00000176. The second-order valence-corrected chi connectivity index (χ2v) is 6.59. The van der Waals surface area contributed by atoms with Crippen molar-refractivity contribution in [2.75, 3.05) is 24.5 Å². The van der Waals surface area contributed by atoms with Gasteiger partial charge in [0.1, 0.15) is 0 Å². The minimum atomic E-state index is 0. The van der Waals surface area contributed by atoms with Crippen LogP contribution in [0.1, 0.15) is 25.8 Å². The van der Waals surface area contributed by atoms with Crippen molar-refractivity contribution in [3.05, 3.63) is 29.8 Å². The zero-order valence-corrected chi connectivity index (χ0v) is 14.2. The summed E-state index contributed by atoms with van der Waals surface area (Å²) in [5.41, 5.74) is 8.36. The Bertz CT molecular complexity index is 534. The first-order chi connectivity index (χ1) is 10.1. The maximum Gasteiger partial charge on any atom is 0.241 e. The molecule has 2 aliphatic heterocycles. The molecular weight excluding hydrogens is 298 g/mol. The minimum Gasteiger partial charge on any atom is -0.328 e. The van der Waals surface area contributed by atoms with Crippen molar-refractivity contribution in [1.82, 2.24) is 4.90 Å². The maximum atomic E-state index is 12.7. The summed E-state index contributed by atoms with van der Waals surface area (Å²) in [7, 11) is 0. The van der Waals surface area contributed by atoms with Gasteiger partial charge in [-0.2, -0.15) is 0 Å². The van der Waals surface area contributed by atoms with Crippen molar-refractivity contribution < 1.29 is 4.79 Å². The molecule has 122 valence electrons. The third-order valence-corrected chi connectivity index (χ3v) is 4.89. The van der Waals surface area contributed by atoms with Crippen LogP contribution in [0.3, 0.4) is 0 Å². The lowest BCUT2D eigenvalue weighted by Gasteiger charge is -2.26. The van der Waals surface area contributed by atoms with Crippen LogP contribution in [0.15, 0.2) is 24.3 Å². The van der Waals surface area contributed by atoms with Crippen LogP contribution in [0.25, 0.3) is 0 Å². The van der Waals surface area contributed by atoms with Crippen molar-refractivity contribution >= 4 is 24.0 Å². The van der Waals surface area contributed by atoms with E-state index in [1.165, 1.54) is 5.56 Å². The fraction of sp³-hybridized carbons (Fsp3) is 0.588. The van der Waals surface area contributed by atoms with Gasteiger partial charge in [-0.1, -0.05) is 18.2 Å². The first kappa shape index (κ1) is 17.3. The van der Waals surface area contributed by atoms with Gasteiger partial charge in [0.15, 0.2) is 0 Å². The second kappa shape index (κ2) is 6.99. The second-order valence-electron chi connectivity index (χ2n) is 6.59. The van der Waals surface area contributed by atoms with Gasteiger partial charge in [0, 0.05) is 24.3 Å². The lowest BCUT2D eigenvalue weighted by molar-refractivity contribution is -0.119. The van der Waals surface area contributed by atoms with E-state index in [9.17, 15) is 4.79 Å². The van der Waals surface area contributed by atoms with Crippen molar-refractivity contribution in [3.63, 3.8) is 0 Å². The van der Waals surface area contributed by atoms with Gasteiger partial charge in [0.2, 0.25) is 5.91 Å². The zero-order valence-electron chi connectivity index (χ0n) is 13.4. The summed E-state index contributed by atoms with van der Waals surface area (Å²) in [6.07, 6.45) is 2.07. The minimum absolute atomic E-state index is 0. The third kappa shape index (κ3) is 3.29. The first-order valence-electron chi connectivity index (χ1n) is 7.94. The Morgan fingerprint density at radius 1 is 1.41 bits per heavy atom. The number of hydrogen-bond acceptors (Lipinski definition) is 3. The molecule has 1 aromatic rings. The summed E-state index contributed by atoms with van der Waals surface area (Å²) in [5.74, 6) is 0.749. The van der Waals surface area contributed by atoms with Crippen molar-refractivity contribution in [1.29, 1.82) is 0 Å². The summed E-state index contributed by atoms with van der Waals surface area (Å²) in [5, 5.41) is 0. The van der Waals surface area contributed by atoms with E-state index in [1.807, 2.05) is 17.0 Å². The van der Waals surface area contributed by atoms with Gasteiger partial charge in [0.25, 0.3) is 0 Å². The van der Waals surface area contributed by atoms with E-state index in [-0.39, 0.29) is 30.4 Å². The van der Waals surface area contributed by atoms with Gasteiger partial charge >= 0.3 is 0 Å². The van der Waals surface area contributed by atoms with Crippen LogP contribution in [-0.2, 0) is 11.2 Å². The average molecular weight is 324 g/mol. The zero-order chi connectivity index (χ0) is 15.0. The fourth-order valence-corrected chi connectivity index (χ4v) is 3.65. The van der Waals surface area contributed by atoms with Crippen LogP contribution in [-0.4, -0.2) is 42.5 Å². The van der Waals surface area contributed by atoms with E-state index >= 15 is 0 Å². The van der Waals surface area contributed by atoms with Crippen LogP contribution in [0.2, 0.25) is 0 Å². The number of fused-ring (bicyclic) bond motifs is 1. The molecule has 1 amide bonds. The van der Waals surface area contributed by atoms with Crippen LogP contribution in [0.5, 0.6) is 0 Å². The van der Waals surface area contributed by atoms with E-state index < -0.39 is 0 Å². The molecule has 1 aromatic carbocycles. The molecule has 5 heteroatoms. The number of carbonyl (C=O) groups is 1. The average Bonchev–Trinajstić information content (AvgIpc) is 3.01. The summed E-state index contributed by atoms with van der Waals surface area (Å²) in [4.78, 5) is 16.9. The van der Waals surface area contributed by atoms with Crippen LogP contribution in [0.4, 0.5) is 5.69 Å². The molecule has 0 bridgehead atoms. The van der Waals surface area contributed by atoms with Crippen LogP contribution < -0.4 is 10.6 Å². The van der Waals surface area contributed by atoms with Crippen LogP contribution in [0, 0.1) is 5.92 Å².